The molecule has 3 aromatic rings. The number of carbonyl (C=O) groups excluding carboxylic acids is 1. The van der Waals surface area contributed by atoms with Crippen molar-refractivity contribution in [2.45, 2.75) is 23.8 Å². The van der Waals surface area contributed by atoms with E-state index in [9.17, 15) is 4.79 Å². The highest BCUT2D eigenvalue weighted by atomic mass is 35.5. The average molecular weight is 425 g/mol. The number of benzene rings is 1. The number of aromatic nitrogens is 3. The predicted molar refractivity (Wildman–Crippen MR) is 108 cm³/mol. The van der Waals surface area contributed by atoms with Gasteiger partial charge in [-0.3, -0.25) is 9.20 Å². The van der Waals surface area contributed by atoms with Crippen LogP contribution in [0.5, 0.6) is 5.75 Å². The third-order valence-corrected chi connectivity index (χ3v) is 5.46. The summed E-state index contributed by atoms with van der Waals surface area (Å²) in [7, 11) is 1.63. The molecule has 0 saturated carbocycles. The molecule has 1 atom stereocenters. The average Bonchev–Trinajstić information content (AvgIpc) is 3.05. The lowest BCUT2D eigenvalue weighted by Gasteiger charge is -2.11. The Balaban J connectivity index is 1.56. The molecule has 0 spiro atoms. The molecular weight excluding hydrogens is 407 g/mol. The van der Waals surface area contributed by atoms with Gasteiger partial charge in [-0.2, -0.15) is 0 Å². The zero-order valence-electron chi connectivity index (χ0n) is 14.8. The van der Waals surface area contributed by atoms with Crippen molar-refractivity contribution < 1.29 is 9.53 Å². The first-order chi connectivity index (χ1) is 13.0. The SMILES string of the molecule is COc1ccc(CCNC(=O)C(C)Sc2nnc3c(Cl)cc(Cl)cn23)cc1. The molecule has 2 aromatic heterocycles. The molecule has 0 aliphatic heterocycles. The second kappa shape index (κ2) is 8.82. The number of ether oxygens (including phenoxy) is 1. The summed E-state index contributed by atoms with van der Waals surface area (Å²) in [5.74, 6) is 0.743. The third kappa shape index (κ3) is 4.86. The Hall–Kier alpha value is -1.96. The van der Waals surface area contributed by atoms with E-state index in [-0.39, 0.29) is 11.2 Å². The molecule has 2 heterocycles. The number of halogens is 2. The van der Waals surface area contributed by atoms with Crippen molar-refractivity contribution in [3.05, 3.63) is 52.1 Å². The Labute approximate surface area is 171 Å². The van der Waals surface area contributed by atoms with Crippen molar-refractivity contribution >= 4 is 46.5 Å². The van der Waals surface area contributed by atoms with E-state index >= 15 is 0 Å². The zero-order chi connectivity index (χ0) is 19.4. The molecule has 27 heavy (non-hydrogen) atoms. The van der Waals surface area contributed by atoms with Crippen LogP contribution in [0.15, 0.2) is 41.7 Å². The molecule has 0 aliphatic carbocycles. The molecule has 0 saturated heterocycles. The summed E-state index contributed by atoms with van der Waals surface area (Å²) in [6.07, 6.45) is 2.42. The number of thioether (sulfide) groups is 1. The number of carbonyl (C=O) groups is 1. The molecule has 9 heteroatoms. The van der Waals surface area contributed by atoms with E-state index in [1.54, 1.807) is 23.8 Å². The number of fused-ring (bicyclic) bond motifs is 1. The molecule has 1 aromatic carbocycles. The Morgan fingerprint density at radius 1 is 1.30 bits per heavy atom. The van der Waals surface area contributed by atoms with Gasteiger partial charge in [0.15, 0.2) is 10.8 Å². The molecule has 142 valence electrons. The normalized spacial score (nSPS) is 12.1. The number of hydrogen-bond donors (Lipinski definition) is 1. The van der Waals surface area contributed by atoms with Crippen molar-refractivity contribution in [1.29, 1.82) is 0 Å². The van der Waals surface area contributed by atoms with E-state index in [2.05, 4.69) is 15.5 Å². The van der Waals surface area contributed by atoms with Gasteiger partial charge in [0.2, 0.25) is 5.91 Å². The molecule has 1 amide bonds. The monoisotopic (exact) mass is 424 g/mol. The minimum Gasteiger partial charge on any atom is -0.497 e. The second-order valence-corrected chi connectivity index (χ2v) is 7.98. The predicted octanol–water partition coefficient (Wildman–Crippen LogP) is 3.88. The first-order valence-electron chi connectivity index (χ1n) is 8.25. The summed E-state index contributed by atoms with van der Waals surface area (Å²) < 4.78 is 6.83. The quantitative estimate of drug-likeness (QED) is 0.582. The number of amides is 1. The highest BCUT2D eigenvalue weighted by Crippen LogP contribution is 2.27. The molecule has 0 aliphatic rings. The van der Waals surface area contributed by atoms with E-state index in [1.807, 2.05) is 31.2 Å². The lowest BCUT2D eigenvalue weighted by Crippen LogP contribution is -2.32. The van der Waals surface area contributed by atoms with Crippen LogP contribution in [-0.4, -0.2) is 39.4 Å². The molecule has 0 fully saturated rings. The van der Waals surface area contributed by atoms with Gasteiger partial charge >= 0.3 is 0 Å². The fourth-order valence-electron chi connectivity index (χ4n) is 2.46. The number of nitrogens with zero attached hydrogens (tertiary/aromatic N) is 3. The molecule has 3 rings (SSSR count). The standard InChI is InChI=1S/C18H18Cl2N4O2S/c1-11(17(25)21-8-7-12-3-5-14(26-2)6-4-12)27-18-23-22-16-15(20)9-13(19)10-24(16)18/h3-6,9-11H,7-8H2,1-2H3,(H,21,25). The largest absolute Gasteiger partial charge is 0.497 e. The van der Waals surface area contributed by atoms with Gasteiger partial charge in [-0.05, 0) is 37.1 Å². The molecule has 0 radical (unpaired) electrons. The lowest BCUT2D eigenvalue weighted by atomic mass is 10.1. The fraction of sp³-hybridized carbons (Fsp3) is 0.278. The molecule has 0 bridgehead atoms. The topological polar surface area (TPSA) is 68.5 Å². The fourth-order valence-corrected chi connectivity index (χ4v) is 3.82. The smallest absolute Gasteiger partial charge is 0.233 e. The van der Waals surface area contributed by atoms with Gasteiger partial charge in [0.05, 0.1) is 22.4 Å². The zero-order valence-corrected chi connectivity index (χ0v) is 17.1. The van der Waals surface area contributed by atoms with E-state index in [0.717, 1.165) is 17.7 Å². The Kier molecular flexibility index (Phi) is 6.46. The summed E-state index contributed by atoms with van der Waals surface area (Å²) in [4.78, 5) is 12.4. The van der Waals surface area contributed by atoms with Gasteiger partial charge in [0.25, 0.3) is 0 Å². The first-order valence-corrected chi connectivity index (χ1v) is 9.88. The maximum absolute atomic E-state index is 12.4. The van der Waals surface area contributed by atoms with Crippen LogP contribution in [0.1, 0.15) is 12.5 Å². The Morgan fingerprint density at radius 3 is 2.74 bits per heavy atom. The number of rotatable bonds is 7. The van der Waals surface area contributed by atoms with E-state index in [1.165, 1.54) is 11.8 Å². The van der Waals surface area contributed by atoms with Crippen molar-refractivity contribution in [3.63, 3.8) is 0 Å². The summed E-state index contributed by atoms with van der Waals surface area (Å²) in [6, 6.07) is 9.39. The van der Waals surface area contributed by atoms with Crippen molar-refractivity contribution in [3.8, 4) is 5.75 Å². The maximum atomic E-state index is 12.4. The molecular formula is C18H18Cl2N4O2S. The van der Waals surface area contributed by atoms with E-state index in [4.69, 9.17) is 27.9 Å². The van der Waals surface area contributed by atoms with Gasteiger partial charge in [-0.25, -0.2) is 0 Å². The van der Waals surface area contributed by atoms with Gasteiger partial charge in [-0.1, -0.05) is 47.1 Å². The molecule has 6 nitrogen and oxygen atoms in total. The lowest BCUT2D eigenvalue weighted by molar-refractivity contribution is -0.120. The van der Waals surface area contributed by atoms with E-state index in [0.29, 0.717) is 27.4 Å². The second-order valence-electron chi connectivity index (χ2n) is 5.83. The van der Waals surface area contributed by atoms with Crippen LogP contribution < -0.4 is 10.1 Å². The number of nitrogens with one attached hydrogen (secondary N) is 1. The number of pyridine rings is 1. The van der Waals surface area contributed by atoms with Crippen LogP contribution in [-0.2, 0) is 11.2 Å². The van der Waals surface area contributed by atoms with Crippen LogP contribution in [0.4, 0.5) is 0 Å². The van der Waals surface area contributed by atoms with Crippen LogP contribution in [0.25, 0.3) is 5.65 Å². The summed E-state index contributed by atoms with van der Waals surface area (Å²) in [5, 5.41) is 12.2. The van der Waals surface area contributed by atoms with Crippen molar-refractivity contribution in [2.75, 3.05) is 13.7 Å². The van der Waals surface area contributed by atoms with Gasteiger partial charge < -0.3 is 10.1 Å². The van der Waals surface area contributed by atoms with Crippen molar-refractivity contribution in [1.82, 2.24) is 19.9 Å². The van der Waals surface area contributed by atoms with E-state index < -0.39 is 0 Å². The van der Waals surface area contributed by atoms with Crippen LogP contribution in [0.2, 0.25) is 10.0 Å². The van der Waals surface area contributed by atoms with Crippen LogP contribution in [0, 0.1) is 0 Å². The van der Waals surface area contributed by atoms with Crippen molar-refractivity contribution in [2.24, 2.45) is 0 Å². The Morgan fingerprint density at radius 2 is 2.04 bits per heavy atom. The molecule has 1 N–H and O–H groups in total. The summed E-state index contributed by atoms with van der Waals surface area (Å²) in [5.41, 5.74) is 1.64. The van der Waals surface area contributed by atoms with Gasteiger partial charge in [0.1, 0.15) is 5.75 Å². The third-order valence-electron chi connectivity index (χ3n) is 3.92. The Bertz CT molecular complexity index is 946. The molecule has 1 unspecified atom stereocenters. The van der Waals surface area contributed by atoms with Gasteiger partial charge in [-0.15, -0.1) is 10.2 Å². The summed E-state index contributed by atoms with van der Waals surface area (Å²) >= 11 is 13.5. The maximum Gasteiger partial charge on any atom is 0.233 e. The first kappa shape index (κ1) is 19.8. The number of methoxy groups -OCH3 is 1. The number of hydrogen-bond acceptors (Lipinski definition) is 5. The summed E-state index contributed by atoms with van der Waals surface area (Å²) in [6.45, 7) is 2.37. The van der Waals surface area contributed by atoms with Gasteiger partial charge in [0, 0.05) is 12.7 Å². The highest BCUT2D eigenvalue weighted by molar-refractivity contribution is 8.00. The minimum atomic E-state index is -0.342. The van der Waals surface area contributed by atoms with Crippen LogP contribution in [0.3, 0.4) is 0 Å². The van der Waals surface area contributed by atoms with Crippen LogP contribution >= 0.6 is 35.0 Å². The highest BCUT2D eigenvalue weighted by Gasteiger charge is 2.18. The minimum absolute atomic E-state index is 0.0709.